The molecule has 0 atom stereocenters. The van der Waals surface area contributed by atoms with Crippen LogP contribution in [0, 0.1) is 16.7 Å². The maximum Gasteiger partial charge on any atom is -0.00184 e. The van der Waals surface area contributed by atoms with Crippen molar-refractivity contribution >= 4 is 0 Å². The van der Waals surface area contributed by atoms with Crippen molar-refractivity contribution in [1.29, 1.82) is 0 Å². The molecule has 1 nitrogen and oxygen atoms in total. The number of hydrogen-bond donors (Lipinski definition) is 0. The Kier molecular flexibility index (Phi) is 13.4. The molecule has 28 heavy (non-hydrogen) atoms. The first-order valence-corrected chi connectivity index (χ1v) is 12.0. The van der Waals surface area contributed by atoms with Crippen LogP contribution in [-0.4, -0.2) is 24.5 Å². The molecule has 0 saturated heterocycles. The van der Waals surface area contributed by atoms with Gasteiger partial charge in [0.2, 0.25) is 0 Å². The van der Waals surface area contributed by atoms with E-state index in [-0.39, 0.29) is 0 Å². The first-order chi connectivity index (χ1) is 12.9. The Morgan fingerprint density at radius 3 is 1.93 bits per heavy atom. The van der Waals surface area contributed by atoms with Crippen molar-refractivity contribution in [3.63, 3.8) is 0 Å². The van der Waals surface area contributed by atoms with E-state index in [1.807, 2.05) is 0 Å². The molecule has 0 N–H and O–H groups in total. The molecule has 166 valence electrons. The monoisotopic (exact) mass is 391 g/mol. The molecule has 0 aliphatic heterocycles. The molecule has 0 aromatic rings. The SMILES string of the molecule is C/C=C(\C)CC(C)(C)CCCN(CCCC)CCCC(C)(C)/C(C)=C/C(C)C. The van der Waals surface area contributed by atoms with E-state index in [2.05, 4.69) is 86.3 Å². The van der Waals surface area contributed by atoms with E-state index in [0.29, 0.717) is 16.7 Å². The van der Waals surface area contributed by atoms with Crippen molar-refractivity contribution < 1.29 is 0 Å². The van der Waals surface area contributed by atoms with Gasteiger partial charge in [-0.3, -0.25) is 0 Å². The van der Waals surface area contributed by atoms with Crippen molar-refractivity contribution in [3.05, 3.63) is 23.3 Å². The molecule has 0 aromatic heterocycles. The third kappa shape index (κ3) is 12.8. The van der Waals surface area contributed by atoms with E-state index in [9.17, 15) is 0 Å². The predicted octanol–water partition coefficient (Wildman–Crippen LogP) is 8.66. The molecule has 0 unspecified atom stereocenters. The van der Waals surface area contributed by atoms with Crippen molar-refractivity contribution in [2.75, 3.05) is 19.6 Å². The number of allylic oxidation sites excluding steroid dienone is 4. The number of unbranched alkanes of at least 4 members (excludes halogenated alkanes) is 1. The highest BCUT2D eigenvalue weighted by atomic mass is 15.1. The van der Waals surface area contributed by atoms with Gasteiger partial charge in [-0.1, -0.05) is 78.2 Å². The van der Waals surface area contributed by atoms with Crippen LogP contribution in [0.1, 0.15) is 114 Å². The molecule has 0 amide bonds. The molecular formula is C27H53N. The highest BCUT2D eigenvalue weighted by Gasteiger charge is 2.21. The molecule has 0 aliphatic carbocycles. The zero-order valence-corrected chi connectivity index (χ0v) is 21.3. The Morgan fingerprint density at radius 1 is 0.893 bits per heavy atom. The van der Waals surface area contributed by atoms with Crippen LogP contribution in [0.2, 0.25) is 0 Å². The van der Waals surface area contributed by atoms with Gasteiger partial charge in [0, 0.05) is 0 Å². The lowest BCUT2D eigenvalue weighted by Crippen LogP contribution is -2.29. The summed E-state index contributed by atoms with van der Waals surface area (Å²) in [5.41, 5.74) is 3.84. The molecule has 0 rings (SSSR count). The lowest BCUT2D eigenvalue weighted by atomic mass is 9.79. The topological polar surface area (TPSA) is 3.24 Å². The molecule has 1 heteroatoms. The summed E-state index contributed by atoms with van der Waals surface area (Å²) in [6.07, 6.45) is 13.8. The van der Waals surface area contributed by atoms with E-state index in [1.165, 1.54) is 70.2 Å². The molecule has 0 heterocycles. The van der Waals surface area contributed by atoms with Crippen molar-refractivity contribution in [2.45, 2.75) is 114 Å². The maximum absolute atomic E-state index is 2.74. The third-order valence-corrected chi connectivity index (χ3v) is 6.33. The van der Waals surface area contributed by atoms with Crippen LogP contribution in [0.5, 0.6) is 0 Å². The minimum atomic E-state index is 0.326. The largest absolute Gasteiger partial charge is 0.303 e. The molecule has 0 radical (unpaired) electrons. The van der Waals surface area contributed by atoms with Crippen LogP contribution in [-0.2, 0) is 0 Å². The average Bonchev–Trinajstić information content (AvgIpc) is 2.57. The van der Waals surface area contributed by atoms with Crippen LogP contribution in [0.15, 0.2) is 23.3 Å². The highest BCUT2D eigenvalue weighted by molar-refractivity contribution is 5.10. The minimum absolute atomic E-state index is 0.326. The van der Waals surface area contributed by atoms with E-state index in [4.69, 9.17) is 0 Å². The van der Waals surface area contributed by atoms with Crippen LogP contribution >= 0.6 is 0 Å². The van der Waals surface area contributed by atoms with Crippen LogP contribution in [0.25, 0.3) is 0 Å². The Bertz CT molecular complexity index is 465. The van der Waals surface area contributed by atoms with Gasteiger partial charge in [-0.15, -0.1) is 0 Å². The number of nitrogens with zero attached hydrogens (tertiary/aromatic N) is 1. The van der Waals surface area contributed by atoms with Crippen molar-refractivity contribution in [3.8, 4) is 0 Å². The standard InChI is InChI=1S/C27H53N/c1-11-13-18-28(19-14-16-26(7,8)22-24(5)12-2)20-15-17-27(9,10)25(6)21-23(3)4/h12,21,23H,11,13-20,22H2,1-10H3/b24-12+,25-21+. The normalized spacial score (nSPS) is 14.4. The Morgan fingerprint density at radius 2 is 1.43 bits per heavy atom. The smallest absolute Gasteiger partial charge is 0.00184 e. The zero-order chi connectivity index (χ0) is 21.8. The lowest BCUT2D eigenvalue weighted by Gasteiger charge is -2.30. The quantitative estimate of drug-likeness (QED) is 0.252. The van der Waals surface area contributed by atoms with E-state index in [0.717, 1.165) is 0 Å². The molecule has 0 spiro atoms. The fourth-order valence-electron chi connectivity index (χ4n) is 4.11. The summed E-state index contributed by atoms with van der Waals surface area (Å²) in [6, 6.07) is 0. The molecule has 0 fully saturated rings. The molecular weight excluding hydrogens is 338 g/mol. The van der Waals surface area contributed by atoms with Gasteiger partial charge in [-0.2, -0.15) is 0 Å². The zero-order valence-electron chi connectivity index (χ0n) is 21.3. The number of hydrogen-bond acceptors (Lipinski definition) is 1. The maximum atomic E-state index is 2.74. The van der Waals surface area contributed by atoms with Gasteiger partial charge in [0.1, 0.15) is 0 Å². The van der Waals surface area contributed by atoms with E-state index in [1.54, 1.807) is 5.57 Å². The fraction of sp³-hybridized carbons (Fsp3) is 0.852. The van der Waals surface area contributed by atoms with Crippen LogP contribution in [0.4, 0.5) is 0 Å². The van der Waals surface area contributed by atoms with Crippen molar-refractivity contribution in [2.24, 2.45) is 16.7 Å². The van der Waals surface area contributed by atoms with Gasteiger partial charge in [0.25, 0.3) is 0 Å². The average molecular weight is 392 g/mol. The summed E-state index contributed by atoms with van der Waals surface area (Å²) in [5, 5.41) is 0. The van der Waals surface area contributed by atoms with Gasteiger partial charge in [0.15, 0.2) is 0 Å². The number of rotatable bonds is 15. The second kappa shape index (κ2) is 13.6. The molecule has 0 saturated carbocycles. The Hall–Kier alpha value is -0.560. The fourth-order valence-corrected chi connectivity index (χ4v) is 4.11. The van der Waals surface area contributed by atoms with E-state index < -0.39 is 0 Å². The summed E-state index contributed by atoms with van der Waals surface area (Å²) in [5.74, 6) is 0.648. The first kappa shape index (κ1) is 27.4. The van der Waals surface area contributed by atoms with Gasteiger partial charge < -0.3 is 4.90 Å². The second-order valence-electron chi connectivity index (χ2n) is 10.9. The summed E-state index contributed by atoms with van der Waals surface area (Å²) in [7, 11) is 0. The van der Waals surface area contributed by atoms with Gasteiger partial charge in [0.05, 0.1) is 0 Å². The first-order valence-electron chi connectivity index (χ1n) is 12.0. The molecule has 0 aromatic carbocycles. The Labute approximate surface area is 179 Å². The predicted molar refractivity (Wildman–Crippen MR) is 130 cm³/mol. The Balaban J connectivity index is 4.55. The van der Waals surface area contributed by atoms with Crippen LogP contribution in [0.3, 0.4) is 0 Å². The summed E-state index contributed by atoms with van der Waals surface area (Å²) in [4.78, 5) is 2.74. The third-order valence-electron chi connectivity index (χ3n) is 6.33. The van der Waals surface area contributed by atoms with Crippen molar-refractivity contribution in [1.82, 2.24) is 4.90 Å². The highest BCUT2D eigenvalue weighted by Crippen LogP contribution is 2.33. The van der Waals surface area contributed by atoms with Gasteiger partial charge >= 0.3 is 0 Å². The van der Waals surface area contributed by atoms with Gasteiger partial charge in [-0.25, -0.2) is 0 Å². The minimum Gasteiger partial charge on any atom is -0.303 e. The lowest BCUT2D eigenvalue weighted by molar-refractivity contribution is 0.224. The van der Waals surface area contributed by atoms with E-state index >= 15 is 0 Å². The van der Waals surface area contributed by atoms with Crippen LogP contribution < -0.4 is 0 Å². The molecule has 0 aliphatic rings. The second-order valence-corrected chi connectivity index (χ2v) is 10.9. The van der Waals surface area contributed by atoms with Gasteiger partial charge in [-0.05, 0) is 95.7 Å². The summed E-state index contributed by atoms with van der Waals surface area (Å²) >= 11 is 0. The molecule has 0 bridgehead atoms. The summed E-state index contributed by atoms with van der Waals surface area (Å²) in [6.45, 7) is 27.1. The summed E-state index contributed by atoms with van der Waals surface area (Å²) < 4.78 is 0.